The molecule has 2 N–H and O–H groups in total. The van der Waals surface area contributed by atoms with Crippen molar-refractivity contribution >= 4 is 17.3 Å². The van der Waals surface area contributed by atoms with Gasteiger partial charge in [-0.25, -0.2) is 0 Å². The highest BCUT2D eigenvalue weighted by Gasteiger charge is 1.69. The minimum Gasteiger partial charge on any atom is -0.323 e. The van der Waals surface area contributed by atoms with Crippen molar-refractivity contribution in [3.05, 3.63) is 12.7 Å². The maximum Gasteiger partial charge on any atom is 0.0797 e. The fraction of sp³-hybridized carbons (Fsp3) is 0.250. The highest BCUT2D eigenvalue weighted by molar-refractivity contribution is 8.12. The number of nitrogens with two attached hydrogens (primary N) is 1. The SMILES string of the molecule is C=CCS/C=N\N. The van der Waals surface area contributed by atoms with E-state index < -0.39 is 0 Å². The van der Waals surface area contributed by atoms with Gasteiger partial charge in [0.25, 0.3) is 0 Å². The van der Waals surface area contributed by atoms with E-state index in [4.69, 9.17) is 5.84 Å². The van der Waals surface area contributed by atoms with Gasteiger partial charge in [0, 0.05) is 5.75 Å². The Bertz CT molecular complexity index is 70.1. The molecule has 0 aliphatic heterocycles. The van der Waals surface area contributed by atoms with Gasteiger partial charge in [0.1, 0.15) is 0 Å². The first-order valence-corrected chi connectivity index (χ1v) is 2.91. The van der Waals surface area contributed by atoms with Crippen LogP contribution in [0.5, 0.6) is 0 Å². The molecule has 3 heteroatoms. The maximum atomic E-state index is 4.78. The highest BCUT2D eigenvalue weighted by Crippen LogP contribution is 1.90. The largest absolute Gasteiger partial charge is 0.323 e. The molecule has 0 unspecified atom stereocenters. The zero-order chi connectivity index (χ0) is 5.54. The molecule has 0 aliphatic carbocycles. The van der Waals surface area contributed by atoms with Gasteiger partial charge in [-0.3, -0.25) is 0 Å². The van der Waals surface area contributed by atoms with Gasteiger partial charge in [-0.05, 0) is 0 Å². The van der Waals surface area contributed by atoms with Gasteiger partial charge in [0.05, 0.1) is 5.55 Å². The molecular weight excluding hydrogens is 108 g/mol. The molecule has 2 nitrogen and oxygen atoms in total. The number of nitrogens with zero attached hydrogens (tertiary/aromatic N) is 1. The van der Waals surface area contributed by atoms with E-state index >= 15 is 0 Å². The normalized spacial score (nSPS) is 9.71. The van der Waals surface area contributed by atoms with Crippen molar-refractivity contribution < 1.29 is 0 Å². The van der Waals surface area contributed by atoms with Crippen LogP contribution in [0, 0.1) is 0 Å². The predicted octanol–water partition coefficient (Wildman–Crippen LogP) is 0.808. The van der Waals surface area contributed by atoms with E-state index in [0.717, 1.165) is 5.75 Å². The second-order valence-corrected chi connectivity index (χ2v) is 1.75. The summed E-state index contributed by atoms with van der Waals surface area (Å²) in [6, 6.07) is 0. The first kappa shape index (κ1) is 6.56. The Labute approximate surface area is 47.5 Å². The summed E-state index contributed by atoms with van der Waals surface area (Å²) in [5, 5.41) is 3.26. The van der Waals surface area contributed by atoms with E-state index in [0.29, 0.717) is 0 Å². The molecule has 0 fully saturated rings. The van der Waals surface area contributed by atoms with Crippen LogP contribution in [-0.2, 0) is 0 Å². The molecular formula is C4H8N2S. The summed E-state index contributed by atoms with van der Waals surface area (Å²) in [5.74, 6) is 5.66. The molecule has 7 heavy (non-hydrogen) atoms. The van der Waals surface area contributed by atoms with Crippen LogP contribution in [0.15, 0.2) is 17.8 Å². The van der Waals surface area contributed by atoms with Gasteiger partial charge >= 0.3 is 0 Å². The molecule has 0 spiro atoms. The van der Waals surface area contributed by atoms with Crippen molar-refractivity contribution in [2.75, 3.05) is 5.75 Å². The molecule has 0 atom stereocenters. The van der Waals surface area contributed by atoms with Crippen LogP contribution < -0.4 is 5.84 Å². The summed E-state index contributed by atoms with van der Waals surface area (Å²) < 4.78 is 0. The van der Waals surface area contributed by atoms with Crippen molar-refractivity contribution in [2.24, 2.45) is 10.9 Å². The van der Waals surface area contributed by atoms with Crippen LogP contribution in [0.25, 0.3) is 0 Å². The van der Waals surface area contributed by atoms with Crippen LogP contribution in [-0.4, -0.2) is 11.3 Å². The Morgan fingerprint density at radius 1 is 1.86 bits per heavy atom. The average Bonchev–Trinajstić information content (AvgIpc) is 1.69. The van der Waals surface area contributed by atoms with Gasteiger partial charge in [-0.1, -0.05) is 6.08 Å². The Kier molecular flexibility index (Phi) is 5.21. The van der Waals surface area contributed by atoms with Crippen molar-refractivity contribution in [1.82, 2.24) is 0 Å². The van der Waals surface area contributed by atoms with Gasteiger partial charge in [0.2, 0.25) is 0 Å². The standard InChI is InChI=1S/C4H8N2S/c1-2-3-7-4-6-5/h2,4H,1,3,5H2/b6-4-. The van der Waals surface area contributed by atoms with Gasteiger partial charge in [-0.15, -0.1) is 18.3 Å². The summed E-state index contributed by atoms with van der Waals surface area (Å²) in [5.41, 5.74) is 1.58. The van der Waals surface area contributed by atoms with Crippen molar-refractivity contribution in [1.29, 1.82) is 0 Å². The van der Waals surface area contributed by atoms with Crippen molar-refractivity contribution in [3.8, 4) is 0 Å². The molecule has 0 amide bonds. The summed E-state index contributed by atoms with van der Waals surface area (Å²) in [6.45, 7) is 3.51. The molecule has 0 aliphatic rings. The van der Waals surface area contributed by atoms with Crippen LogP contribution in [0.4, 0.5) is 0 Å². The third kappa shape index (κ3) is 5.56. The minimum atomic E-state index is 0.876. The van der Waals surface area contributed by atoms with E-state index in [9.17, 15) is 0 Å². The number of thioether (sulfide) groups is 1. The third-order valence-corrected chi connectivity index (χ3v) is 1.05. The topological polar surface area (TPSA) is 38.4 Å². The van der Waals surface area contributed by atoms with E-state index in [2.05, 4.69) is 11.7 Å². The van der Waals surface area contributed by atoms with Gasteiger partial charge < -0.3 is 5.84 Å². The monoisotopic (exact) mass is 116 g/mol. The fourth-order valence-electron chi connectivity index (χ4n) is 0.154. The second kappa shape index (κ2) is 5.56. The third-order valence-electron chi connectivity index (χ3n) is 0.349. The Balaban J connectivity index is 2.82. The lowest BCUT2D eigenvalue weighted by Gasteiger charge is -1.78. The van der Waals surface area contributed by atoms with E-state index in [-0.39, 0.29) is 0 Å². The Morgan fingerprint density at radius 3 is 3.00 bits per heavy atom. The molecule has 0 heterocycles. The summed E-state index contributed by atoms with van der Waals surface area (Å²) in [4.78, 5) is 0. The Hall–Kier alpha value is -0.440. The number of hydrogen-bond acceptors (Lipinski definition) is 3. The fourth-order valence-corrected chi connectivity index (χ4v) is 0.462. The maximum absolute atomic E-state index is 4.78. The first-order chi connectivity index (χ1) is 3.41. The van der Waals surface area contributed by atoms with Crippen LogP contribution in [0.1, 0.15) is 0 Å². The lowest BCUT2D eigenvalue weighted by molar-refractivity contribution is 1.27. The molecule has 0 saturated carbocycles. The van der Waals surface area contributed by atoms with Gasteiger partial charge in [0.15, 0.2) is 0 Å². The van der Waals surface area contributed by atoms with E-state index in [1.54, 1.807) is 11.6 Å². The molecule has 0 rings (SSSR count). The minimum absolute atomic E-state index is 0.876. The summed E-state index contributed by atoms with van der Waals surface area (Å²) in [6.07, 6.45) is 1.80. The molecule has 0 aromatic rings. The number of rotatable bonds is 3. The molecule has 40 valence electrons. The zero-order valence-corrected chi connectivity index (χ0v) is 4.82. The smallest absolute Gasteiger partial charge is 0.0797 e. The zero-order valence-electron chi connectivity index (χ0n) is 4.00. The average molecular weight is 116 g/mol. The van der Waals surface area contributed by atoms with Crippen molar-refractivity contribution in [2.45, 2.75) is 0 Å². The molecule has 0 aromatic carbocycles. The van der Waals surface area contributed by atoms with Gasteiger partial charge in [-0.2, -0.15) is 5.10 Å². The van der Waals surface area contributed by atoms with Crippen LogP contribution in [0.3, 0.4) is 0 Å². The summed E-state index contributed by atoms with van der Waals surface area (Å²) >= 11 is 1.52. The van der Waals surface area contributed by atoms with E-state index in [1.165, 1.54) is 11.8 Å². The highest BCUT2D eigenvalue weighted by atomic mass is 32.2. The molecule has 0 radical (unpaired) electrons. The summed E-state index contributed by atoms with van der Waals surface area (Å²) in [7, 11) is 0. The lowest BCUT2D eigenvalue weighted by Crippen LogP contribution is -1.78. The quantitative estimate of drug-likeness (QED) is 0.148. The number of hydrogen-bond donors (Lipinski definition) is 1. The van der Waals surface area contributed by atoms with E-state index in [1.807, 2.05) is 0 Å². The van der Waals surface area contributed by atoms with Crippen LogP contribution in [0.2, 0.25) is 0 Å². The molecule has 0 aromatic heterocycles. The predicted molar refractivity (Wildman–Crippen MR) is 35.3 cm³/mol. The lowest BCUT2D eigenvalue weighted by atomic mass is 10.8. The second-order valence-electron chi connectivity index (χ2n) is 0.876. The van der Waals surface area contributed by atoms with Crippen molar-refractivity contribution in [3.63, 3.8) is 0 Å². The molecule has 0 bridgehead atoms. The first-order valence-electron chi connectivity index (χ1n) is 1.86. The number of hydrazone groups is 1. The Morgan fingerprint density at radius 2 is 2.57 bits per heavy atom. The molecule has 0 saturated heterocycles. The van der Waals surface area contributed by atoms with Crippen LogP contribution >= 0.6 is 11.8 Å².